The number of hydrogen-bond acceptors (Lipinski definition) is 7. The van der Waals surface area contributed by atoms with Crippen LogP contribution in [0.3, 0.4) is 0 Å². The molecule has 0 heterocycles. The Balaban J connectivity index is 2.38. The molecule has 0 spiro atoms. The number of halogens is 2. The Hall–Kier alpha value is -3.76. The van der Waals surface area contributed by atoms with Gasteiger partial charge in [-0.15, -0.1) is 0 Å². The fourth-order valence-electron chi connectivity index (χ4n) is 2.50. The summed E-state index contributed by atoms with van der Waals surface area (Å²) in [4.78, 5) is 34.9. The molecule has 0 saturated heterocycles. The molecule has 2 rings (SSSR count). The third-order valence-corrected chi connectivity index (χ3v) is 3.74. The molecule has 29 heavy (non-hydrogen) atoms. The van der Waals surface area contributed by atoms with Crippen LogP contribution < -0.4 is 14.8 Å². The molecule has 1 N–H and O–H groups in total. The number of nitrogens with one attached hydrogen (secondary N) is 1. The van der Waals surface area contributed by atoms with Crippen molar-refractivity contribution in [1.82, 2.24) is 0 Å². The standard InChI is InChI=1S/C18H16F2N2O7/c1-27-14-8-11(17(24)28-2)12(9-15(14)29-18(19)20)21-16(23)7-10-5-3-4-6-13(10)22(25)26/h3-6,8-9,18H,7H2,1-2H3,(H,21,23). The number of methoxy groups -OCH3 is 2. The molecule has 9 nitrogen and oxygen atoms in total. The van der Waals surface area contributed by atoms with E-state index in [4.69, 9.17) is 4.74 Å². The molecule has 154 valence electrons. The molecule has 0 fully saturated rings. The molecule has 0 saturated carbocycles. The van der Waals surface area contributed by atoms with Crippen molar-refractivity contribution in [3.63, 3.8) is 0 Å². The second kappa shape index (κ2) is 9.44. The molecular formula is C18H16F2N2O7. The lowest BCUT2D eigenvalue weighted by Crippen LogP contribution is -2.18. The third-order valence-electron chi connectivity index (χ3n) is 3.74. The van der Waals surface area contributed by atoms with E-state index in [9.17, 15) is 28.5 Å². The zero-order valence-corrected chi connectivity index (χ0v) is 15.3. The fraction of sp³-hybridized carbons (Fsp3) is 0.222. The number of para-hydroxylation sites is 1. The molecule has 11 heteroatoms. The van der Waals surface area contributed by atoms with Crippen LogP contribution in [0.5, 0.6) is 11.5 Å². The van der Waals surface area contributed by atoms with E-state index in [0.717, 1.165) is 19.2 Å². The van der Waals surface area contributed by atoms with Crippen LogP contribution in [-0.4, -0.2) is 37.6 Å². The first kappa shape index (κ1) is 21.5. The Morgan fingerprint density at radius 1 is 1.17 bits per heavy atom. The van der Waals surface area contributed by atoms with Gasteiger partial charge in [0.05, 0.1) is 36.8 Å². The number of hydrogen-bond donors (Lipinski definition) is 1. The lowest BCUT2D eigenvalue weighted by molar-refractivity contribution is -0.385. The van der Waals surface area contributed by atoms with Crippen molar-refractivity contribution in [3.8, 4) is 11.5 Å². The summed E-state index contributed by atoms with van der Waals surface area (Å²) in [5.74, 6) is -2.19. The smallest absolute Gasteiger partial charge is 0.387 e. The van der Waals surface area contributed by atoms with E-state index < -0.39 is 35.6 Å². The summed E-state index contributed by atoms with van der Waals surface area (Å²) in [6, 6.07) is 7.67. The van der Waals surface area contributed by atoms with Crippen LogP contribution in [-0.2, 0) is 16.0 Å². The van der Waals surface area contributed by atoms with Crippen molar-refractivity contribution in [2.75, 3.05) is 19.5 Å². The number of esters is 1. The maximum absolute atomic E-state index is 12.6. The van der Waals surface area contributed by atoms with Crippen LogP contribution >= 0.6 is 0 Å². The van der Waals surface area contributed by atoms with Crippen molar-refractivity contribution in [2.45, 2.75) is 13.0 Å². The number of carbonyl (C=O) groups excluding carboxylic acids is 2. The second-order valence-corrected chi connectivity index (χ2v) is 5.53. The molecule has 0 aromatic heterocycles. The third kappa shape index (κ3) is 5.37. The molecule has 1 amide bonds. The highest BCUT2D eigenvalue weighted by Crippen LogP contribution is 2.35. The highest BCUT2D eigenvalue weighted by atomic mass is 19.3. The normalized spacial score (nSPS) is 10.4. The lowest BCUT2D eigenvalue weighted by Gasteiger charge is -2.15. The molecule has 0 atom stereocenters. The van der Waals surface area contributed by atoms with E-state index in [-0.39, 0.29) is 28.3 Å². The highest BCUT2D eigenvalue weighted by Gasteiger charge is 2.22. The SMILES string of the molecule is COC(=O)c1cc(OC)c(OC(F)F)cc1NC(=O)Cc1ccccc1[N+](=O)[O-]. The Kier molecular flexibility index (Phi) is 7.01. The van der Waals surface area contributed by atoms with E-state index in [0.29, 0.717) is 0 Å². The average molecular weight is 410 g/mol. The summed E-state index contributed by atoms with van der Waals surface area (Å²) in [5.41, 5.74) is -0.488. The van der Waals surface area contributed by atoms with Gasteiger partial charge in [0.1, 0.15) is 0 Å². The predicted octanol–water partition coefficient (Wildman–Crippen LogP) is 3.17. The van der Waals surface area contributed by atoms with E-state index in [1.807, 2.05) is 0 Å². The Morgan fingerprint density at radius 3 is 2.45 bits per heavy atom. The number of ether oxygens (including phenoxy) is 3. The van der Waals surface area contributed by atoms with Gasteiger partial charge in [0, 0.05) is 23.8 Å². The Bertz CT molecular complexity index is 934. The van der Waals surface area contributed by atoms with Gasteiger partial charge in [0.25, 0.3) is 5.69 Å². The summed E-state index contributed by atoms with van der Waals surface area (Å²) in [6.45, 7) is -3.18. The van der Waals surface area contributed by atoms with Gasteiger partial charge in [-0.25, -0.2) is 4.79 Å². The van der Waals surface area contributed by atoms with E-state index >= 15 is 0 Å². The van der Waals surface area contributed by atoms with Gasteiger partial charge < -0.3 is 19.5 Å². The van der Waals surface area contributed by atoms with Gasteiger partial charge in [-0.2, -0.15) is 8.78 Å². The summed E-state index contributed by atoms with van der Waals surface area (Å²) < 4.78 is 39.2. The number of amides is 1. The molecule has 2 aromatic carbocycles. The molecule has 0 radical (unpaired) electrons. The van der Waals surface area contributed by atoms with Crippen LogP contribution in [0, 0.1) is 10.1 Å². The number of alkyl halides is 2. The summed E-state index contributed by atoms with van der Waals surface area (Å²) in [6.07, 6.45) is -0.394. The molecule has 0 aliphatic heterocycles. The molecule has 0 unspecified atom stereocenters. The van der Waals surface area contributed by atoms with Gasteiger partial charge in [0.15, 0.2) is 11.5 Å². The number of benzene rings is 2. The van der Waals surface area contributed by atoms with Crippen LogP contribution in [0.1, 0.15) is 15.9 Å². The monoisotopic (exact) mass is 410 g/mol. The predicted molar refractivity (Wildman–Crippen MR) is 96.4 cm³/mol. The molecule has 0 aliphatic rings. The van der Waals surface area contributed by atoms with Crippen LogP contribution in [0.4, 0.5) is 20.2 Å². The van der Waals surface area contributed by atoms with E-state index in [1.165, 1.54) is 31.4 Å². The van der Waals surface area contributed by atoms with Gasteiger partial charge >= 0.3 is 12.6 Å². The van der Waals surface area contributed by atoms with Crippen molar-refractivity contribution < 1.29 is 37.5 Å². The number of nitro benzene ring substituents is 1. The molecule has 0 aliphatic carbocycles. The summed E-state index contributed by atoms with van der Waals surface area (Å²) in [5, 5.41) is 13.4. The first-order valence-corrected chi connectivity index (χ1v) is 8.04. The van der Waals surface area contributed by atoms with Crippen LogP contribution in [0.15, 0.2) is 36.4 Å². The summed E-state index contributed by atoms with van der Waals surface area (Å²) >= 11 is 0. The summed E-state index contributed by atoms with van der Waals surface area (Å²) in [7, 11) is 2.28. The number of carbonyl (C=O) groups is 2. The first-order valence-electron chi connectivity index (χ1n) is 8.04. The van der Waals surface area contributed by atoms with Crippen molar-refractivity contribution in [2.24, 2.45) is 0 Å². The number of anilines is 1. The van der Waals surface area contributed by atoms with Crippen molar-refractivity contribution >= 4 is 23.3 Å². The minimum absolute atomic E-state index is 0.132. The quantitative estimate of drug-likeness (QED) is 0.403. The number of rotatable bonds is 8. The van der Waals surface area contributed by atoms with Gasteiger partial charge in [-0.3, -0.25) is 14.9 Å². The lowest BCUT2D eigenvalue weighted by atomic mass is 10.1. The average Bonchev–Trinajstić information content (AvgIpc) is 2.67. The molecule has 2 aromatic rings. The molecular weight excluding hydrogens is 394 g/mol. The zero-order chi connectivity index (χ0) is 21.6. The fourth-order valence-corrected chi connectivity index (χ4v) is 2.50. The van der Waals surface area contributed by atoms with Crippen LogP contribution in [0.25, 0.3) is 0 Å². The largest absolute Gasteiger partial charge is 0.493 e. The Morgan fingerprint density at radius 2 is 1.86 bits per heavy atom. The van der Waals surface area contributed by atoms with Gasteiger partial charge in [-0.05, 0) is 0 Å². The van der Waals surface area contributed by atoms with E-state index in [2.05, 4.69) is 14.8 Å². The van der Waals surface area contributed by atoms with Crippen molar-refractivity contribution in [3.05, 3.63) is 57.6 Å². The topological polar surface area (TPSA) is 117 Å². The minimum Gasteiger partial charge on any atom is -0.493 e. The Labute approximate surface area is 163 Å². The van der Waals surface area contributed by atoms with E-state index in [1.54, 1.807) is 0 Å². The maximum Gasteiger partial charge on any atom is 0.387 e. The zero-order valence-electron chi connectivity index (χ0n) is 15.3. The first-order chi connectivity index (χ1) is 13.8. The number of nitro groups is 1. The minimum atomic E-state index is -3.18. The second-order valence-electron chi connectivity index (χ2n) is 5.53. The maximum atomic E-state index is 12.6. The van der Waals surface area contributed by atoms with Gasteiger partial charge in [-0.1, -0.05) is 18.2 Å². The molecule has 0 bridgehead atoms. The van der Waals surface area contributed by atoms with Gasteiger partial charge in [0.2, 0.25) is 5.91 Å². The highest BCUT2D eigenvalue weighted by molar-refractivity contribution is 6.02. The van der Waals surface area contributed by atoms with Crippen LogP contribution in [0.2, 0.25) is 0 Å². The number of nitrogens with zero attached hydrogens (tertiary/aromatic N) is 1. The van der Waals surface area contributed by atoms with Crippen molar-refractivity contribution in [1.29, 1.82) is 0 Å².